The molecule has 3 fully saturated rings. The second-order valence-corrected chi connectivity index (χ2v) is 9.90. The number of benzene rings is 1. The van der Waals surface area contributed by atoms with Crippen molar-refractivity contribution in [3.05, 3.63) is 47.5 Å². The normalized spacial score (nSPS) is 29.6. The van der Waals surface area contributed by atoms with Crippen LogP contribution in [0.2, 0.25) is 0 Å². The zero-order valence-electron chi connectivity index (χ0n) is 19.1. The maximum absolute atomic E-state index is 12.8. The number of imide groups is 1. The molecule has 0 radical (unpaired) electrons. The van der Waals surface area contributed by atoms with Gasteiger partial charge in [-0.2, -0.15) is 0 Å². The smallest absolute Gasteiger partial charge is 0.233 e. The van der Waals surface area contributed by atoms with Gasteiger partial charge in [0.15, 0.2) is 5.96 Å². The van der Waals surface area contributed by atoms with E-state index in [4.69, 9.17) is 4.99 Å². The highest BCUT2D eigenvalue weighted by Gasteiger charge is 2.58. The van der Waals surface area contributed by atoms with E-state index in [1.54, 1.807) is 0 Å². The van der Waals surface area contributed by atoms with Crippen molar-refractivity contribution in [2.24, 2.45) is 28.7 Å². The molecule has 6 nitrogen and oxygen atoms in total. The number of nitrogens with one attached hydrogen (secondary N) is 2. The van der Waals surface area contributed by atoms with Gasteiger partial charge in [-0.25, -0.2) is 0 Å². The van der Waals surface area contributed by atoms with Gasteiger partial charge in [-0.15, -0.1) is 0 Å². The van der Waals surface area contributed by atoms with Gasteiger partial charge < -0.3 is 10.6 Å². The van der Waals surface area contributed by atoms with Crippen molar-refractivity contribution in [1.29, 1.82) is 0 Å². The second kappa shape index (κ2) is 8.38. The minimum Gasteiger partial charge on any atom is -0.357 e. The summed E-state index contributed by atoms with van der Waals surface area (Å²) in [6.45, 7) is 6.98. The number of carbonyl (C=O) groups excluding carboxylic acids is 2. The molecule has 0 aromatic heterocycles. The maximum Gasteiger partial charge on any atom is 0.233 e. The zero-order chi connectivity index (χ0) is 22.3. The highest BCUT2D eigenvalue weighted by Crippen LogP contribution is 2.52. The third-order valence-corrected chi connectivity index (χ3v) is 7.87. The van der Waals surface area contributed by atoms with E-state index in [1.165, 1.54) is 28.9 Å². The summed E-state index contributed by atoms with van der Waals surface area (Å²) in [5.74, 6) is 1.27. The van der Waals surface area contributed by atoms with Crippen molar-refractivity contribution in [2.45, 2.75) is 44.9 Å². The molecule has 4 unspecified atom stereocenters. The van der Waals surface area contributed by atoms with Crippen LogP contribution in [-0.4, -0.2) is 48.9 Å². The number of rotatable bonds is 8. The standard InChI is InChI=1S/C26H34N4O2/c1-3-27-25(29-16-26(11-12-26)20-8-5-4-7-17(20)2)28-13-6-14-30-23(31)21-18-9-10-19(15-18)22(21)24(30)32/h4-5,7-10,18-19,21-22H,3,6,11-16H2,1-2H3,(H2,27,28,29). The van der Waals surface area contributed by atoms with Gasteiger partial charge in [0.1, 0.15) is 0 Å². The number of likely N-dealkylation sites (tertiary alicyclic amines) is 1. The summed E-state index contributed by atoms with van der Waals surface area (Å²) >= 11 is 0. The molecule has 32 heavy (non-hydrogen) atoms. The fraction of sp³-hybridized carbons (Fsp3) is 0.577. The Morgan fingerprint density at radius 3 is 2.41 bits per heavy atom. The van der Waals surface area contributed by atoms with Gasteiger partial charge in [-0.05, 0) is 62.5 Å². The van der Waals surface area contributed by atoms with E-state index in [0.29, 0.717) is 13.1 Å². The Kier molecular flexibility index (Phi) is 5.56. The van der Waals surface area contributed by atoms with Gasteiger partial charge >= 0.3 is 0 Å². The van der Waals surface area contributed by atoms with Crippen LogP contribution in [-0.2, 0) is 15.0 Å². The van der Waals surface area contributed by atoms with Crippen molar-refractivity contribution >= 4 is 17.8 Å². The van der Waals surface area contributed by atoms with Crippen LogP contribution >= 0.6 is 0 Å². The first kappa shape index (κ1) is 21.2. The molecule has 1 aromatic rings. The van der Waals surface area contributed by atoms with Crippen LogP contribution in [0, 0.1) is 30.6 Å². The lowest BCUT2D eigenvalue weighted by Gasteiger charge is -2.19. The molecule has 5 rings (SSSR count). The van der Waals surface area contributed by atoms with Crippen molar-refractivity contribution in [2.75, 3.05) is 26.2 Å². The lowest BCUT2D eigenvalue weighted by atomic mass is 9.85. The number of carbonyl (C=O) groups is 2. The molecular weight excluding hydrogens is 400 g/mol. The van der Waals surface area contributed by atoms with Crippen LogP contribution in [0.3, 0.4) is 0 Å². The first-order chi connectivity index (χ1) is 15.5. The summed E-state index contributed by atoms with van der Waals surface area (Å²) in [6.07, 6.45) is 8.36. The quantitative estimate of drug-likeness (QED) is 0.217. The monoisotopic (exact) mass is 434 g/mol. The average molecular weight is 435 g/mol. The van der Waals surface area contributed by atoms with Gasteiger partial charge in [0, 0.05) is 25.0 Å². The largest absolute Gasteiger partial charge is 0.357 e. The Bertz CT molecular complexity index is 934. The number of aliphatic imine (C=N–C) groups is 1. The molecular formula is C26H34N4O2. The topological polar surface area (TPSA) is 73.8 Å². The van der Waals surface area contributed by atoms with Crippen molar-refractivity contribution < 1.29 is 9.59 Å². The van der Waals surface area contributed by atoms with Gasteiger partial charge in [-0.3, -0.25) is 19.5 Å². The average Bonchev–Trinajstić information content (AvgIpc) is 3.16. The lowest BCUT2D eigenvalue weighted by Crippen LogP contribution is -2.40. The highest BCUT2D eigenvalue weighted by atomic mass is 16.2. The van der Waals surface area contributed by atoms with Crippen LogP contribution in [0.5, 0.6) is 0 Å². The molecule has 4 aliphatic rings. The summed E-state index contributed by atoms with van der Waals surface area (Å²) in [5, 5.41) is 6.73. The van der Waals surface area contributed by atoms with E-state index in [9.17, 15) is 9.59 Å². The number of amides is 2. The summed E-state index contributed by atoms with van der Waals surface area (Å²) in [5.41, 5.74) is 2.93. The Morgan fingerprint density at radius 1 is 1.09 bits per heavy atom. The molecule has 3 aliphatic carbocycles. The number of aryl methyl sites for hydroxylation is 1. The van der Waals surface area contributed by atoms with E-state index < -0.39 is 0 Å². The van der Waals surface area contributed by atoms with Crippen LogP contribution in [0.25, 0.3) is 0 Å². The van der Waals surface area contributed by atoms with Gasteiger partial charge in [0.2, 0.25) is 11.8 Å². The van der Waals surface area contributed by atoms with Crippen LogP contribution in [0.1, 0.15) is 43.7 Å². The number of allylic oxidation sites excluding steroid dienone is 2. The Balaban J connectivity index is 1.14. The number of nitrogens with zero attached hydrogens (tertiary/aromatic N) is 2. The molecule has 170 valence electrons. The number of fused-ring (bicyclic) bond motifs is 5. The first-order valence-corrected chi connectivity index (χ1v) is 12.2. The number of guanidine groups is 1. The molecule has 1 heterocycles. The number of hydrogen-bond acceptors (Lipinski definition) is 3. The molecule has 2 saturated carbocycles. The van der Waals surface area contributed by atoms with E-state index in [-0.39, 0.29) is 40.9 Å². The maximum atomic E-state index is 12.8. The second-order valence-electron chi connectivity index (χ2n) is 9.90. The molecule has 1 aromatic carbocycles. The van der Waals surface area contributed by atoms with Crippen molar-refractivity contribution in [1.82, 2.24) is 15.5 Å². The molecule has 2 bridgehead atoms. The summed E-state index contributed by atoms with van der Waals surface area (Å²) < 4.78 is 0. The predicted octanol–water partition coefficient (Wildman–Crippen LogP) is 2.78. The van der Waals surface area contributed by atoms with Crippen LogP contribution in [0.15, 0.2) is 41.4 Å². The fourth-order valence-corrected chi connectivity index (χ4v) is 6.03. The molecule has 1 aliphatic heterocycles. The summed E-state index contributed by atoms with van der Waals surface area (Å²) in [4.78, 5) is 32.0. The van der Waals surface area contributed by atoms with Crippen LogP contribution < -0.4 is 10.6 Å². The van der Waals surface area contributed by atoms with Gasteiger partial charge in [0.05, 0.1) is 18.4 Å². The van der Waals surface area contributed by atoms with Crippen molar-refractivity contribution in [3.63, 3.8) is 0 Å². The summed E-state index contributed by atoms with van der Waals surface area (Å²) in [6, 6.07) is 8.62. The summed E-state index contributed by atoms with van der Waals surface area (Å²) in [7, 11) is 0. The molecule has 2 N–H and O–H groups in total. The third kappa shape index (κ3) is 3.63. The van der Waals surface area contributed by atoms with E-state index >= 15 is 0 Å². The minimum absolute atomic E-state index is 0.0475. The molecule has 2 amide bonds. The SMILES string of the molecule is CCNC(=NCC1(c2ccccc2C)CC1)NCCCN1C(=O)C2C3C=CC(C3)C2C1=O. The van der Waals surface area contributed by atoms with E-state index in [2.05, 4.69) is 60.9 Å². The Hall–Kier alpha value is -2.63. The third-order valence-electron chi connectivity index (χ3n) is 7.87. The van der Waals surface area contributed by atoms with Crippen molar-refractivity contribution in [3.8, 4) is 0 Å². The predicted molar refractivity (Wildman–Crippen MR) is 125 cm³/mol. The molecule has 4 atom stereocenters. The molecule has 1 saturated heterocycles. The van der Waals surface area contributed by atoms with E-state index in [1.807, 2.05) is 0 Å². The first-order valence-electron chi connectivity index (χ1n) is 12.2. The number of hydrogen-bond donors (Lipinski definition) is 2. The lowest BCUT2D eigenvalue weighted by molar-refractivity contribution is -0.140. The highest BCUT2D eigenvalue weighted by molar-refractivity contribution is 6.06. The Morgan fingerprint density at radius 2 is 1.78 bits per heavy atom. The molecule has 0 spiro atoms. The van der Waals surface area contributed by atoms with Gasteiger partial charge in [-0.1, -0.05) is 36.4 Å². The molecule has 6 heteroatoms. The van der Waals surface area contributed by atoms with Gasteiger partial charge in [0.25, 0.3) is 0 Å². The van der Waals surface area contributed by atoms with E-state index in [0.717, 1.165) is 31.9 Å². The van der Waals surface area contributed by atoms with Crippen LogP contribution in [0.4, 0.5) is 0 Å². The zero-order valence-corrected chi connectivity index (χ0v) is 19.1. The minimum atomic E-state index is -0.0967. The fourth-order valence-electron chi connectivity index (χ4n) is 6.03. The Labute approximate surface area is 190 Å².